The molecule has 1 aliphatic heterocycles. The first kappa shape index (κ1) is 23.8. The molecule has 0 unspecified atom stereocenters. The van der Waals surface area contributed by atoms with E-state index in [-0.39, 0.29) is 23.8 Å². The van der Waals surface area contributed by atoms with Gasteiger partial charge in [-0.1, -0.05) is 36.4 Å². The van der Waals surface area contributed by atoms with Gasteiger partial charge in [0.25, 0.3) is 5.91 Å². The first-order chi connectivity index (χ1) is 16.9. The number of likely N-dealkylation sites (N-methyl/N-ethyl adjacent to an activating group) is 1. The third-order valence-corrected chi connectivity index (χ3v) is 8.32. The summed E-state index contributed by atoms with van der Waals surface area (Å²) in [5.74, 6) is -0.0346. The Morgan fingerprint density at radius 1 is 1.09 bits per heavy atom. The number of carbonyl (C=O) groups excluding carboxylic acids is 2. The lowest BCUT2D eigenvalue weighted by Crippen LogP contribution is -2.47. The van der Waals surface area contributed by atoms with Gasteiger partial charge in [-0.15, -0.1) is 0 Å². The van der Waals surface area contributed by atoms with Crippen LogP contribution in [0, 0.1) is 5.92 Å². The van der Waals surface area contributed by atoms with Crippen molar-refractivity contribution in [2.75, 3.05) is 26.7 Å². The zero-order valence-electron chi connectivity index (χ0n) is 20.4. The van der Waals surface area contributed by atoms with Crippen LogP contribution in [-0.4, -0.2) is 58.9 Å². The smallest absolute Gasteiger partial charge is 0.252 e. The first-order valence-corrected chi connectivity index (χ1v) is 13.1. The van der Waals surface area contributed by atoms with Gasteiger partial charge in [0, 0.05) is 36.6 Å². The topological polar surface area (TPSA) is 57.6 Å². The summed E-state index contributed by atoms with van der Waals surface area (Å²) in [4.78, 5) is 30.1. The number of hydrogen-bond acceptors (Lipinski definition) is 3. The van der Waals surface area contributed by atoms with E-state index >= 15 is 0 Å². The molecule has 2 heterocycles. The van der Waals surface area contributed by atoms with Crippen molar-refractivity contribution in [1.29, 1.82) is 0 Å². The van der Waals surface area contributed by atoms with E-state index in [1.807, 2.05) is 49.1 Å². The van der Waals surface area contributed by atoms with Gasteiger partial charge in [-0.25, -0.2) is 0 Å². The van der Waals surface area contributed by atoms with Crippen molar-refractivity contribution in [2.45, 2.75) is 33.0 Å². The average molecular weight is 535 g/mol. The van der Waals surface area contributed by atoms with Crippen LogP contribution in [0.3, 0.4) is 0 Å². The predicted octanol–water partition coefficient (Wildman–Crippen LogP) is 4.53. The molecule has 0 bridgehead atoms. The van der Waals surface area contributed by atoms with Crippen molar-refractivity contribution >= 4 is 44.2 Å². The second kappa shape index (κ2) is 9.63. The van der Waals surface area contributed by atoms with Crippen LogP contribution in [0.5, 0.6) is 0 Å². The van der Waals surface area contributed by atoms with E-state index in [4.69, 9.17) is 0 Å². The maximum atomic E-state index is 13.2. The van der Waals surface area contributed by atoms with Gasteiger partial charge in [0.2, 0.25) is 5.91 Å². The summed E-state index contributed by atoms with van der Waals surface area (Å²) in [6.07, 6.45) is 3.08. The van der Waals surface area contributed by atoms with Crippen molar-refractivity contribution in [3.8, 4) is 0 Å². The highest BCUT2D eigenvalue weighted by atomic mass is 79.9. The lowest BCUT2D eigenvalue weighted by molar-refractivity contribution is -0.134. The molecule has 0 spiro atoms. The van der Waals surface area contributed by atoms with E-state index in [1.165, 1.54) is 22.1 Å². The van der Waals surface area contributed by atoms with Crippen molar-refractivity contribution in [2.24, 2.45) is 5.92 Å². The summed E-state index contributed by atoms with van der Waals surface area (Å²) in [6.45, 7) is 6.62. The van der Waals surface area contributed by atoms with Crippen LogP contribution in [0.1, 0.15) is 35.3 Å². The number of fused-ring (bicyclic) bond motifs is 2. The van der Waals surface area contributed by atoms with Gasteiger partial charge >= 0.3 is 0 Å². The summed E-state index contributed by atoms with van der Waals surface area (Å²) in [5, 5.41) is 4.27. The fourth-order valence-corrected chi connectivity index (χ4v) is 6.26. The quantitative estimate of drug-likeness (QED) is 0.505. The molecule has 182 valence electrons. The molecule has 7 heteroatoms. The Bertz CT molecular complexity index is 1310. The van der Waals surface area contributed by atoms with Crippen LogP contribution in [-0.2, 0) is 17.9 Å². The normalized spacial score (nSPS) is 19.3. The molecule has 2 amide bonds. The fourth-order valence-electron chi connectivity index (χ4n) is 5.58. The molecular formula is C28H31BrN4O2. The number of rotatable bonds is 6. The third-order valence-electron chi connectivity index (χ3n) is 7.41. The van der Waals surface area contributed by atoms with Gasteiger partial charge < -0.3 is 14.8 Å². The summed E-state index contributed by atoms with van der Waals surface area (Å²) in [6, 6.07) is 15.8. The molecule has 0 fully saturated rings. The molecule has 2 aliphatic rings. The molecule has 1 aromatic heterocycles. The Kier molecular flexibility index (Phi) is 6.55. The molecule has 5 rings (SSSR count). The minimum absolute atomic E-state index is 0.0965. The molecule has 2 atom stereocenters. The number of aromatic nitrogens is 1. The molecule has 1 aliphatic carbocycles. The molecular weight excluding hydrogens is 504 g/mol. The number of benzene rings is 2. The Labute approximate surface area is 214 Å². The molecule has 6 nitrogen and oxygen atoms in total. The van der Waals surface area contributed by atoms with Gasteiger partial charge in [-0.3, -0.25) is 14.5 Å². The largest absolute Gasteiger partial charge is 0.343 e. The fraction of sp³-hybridized carbons (Fsp3) is 0.357. The Morgan fingerprint density at radius 2 is 1.83 bits per heavy atom. The van der Waals surface area contributed by atoms with E-state index in [1.54, 1.807) is 0 Å². The van der Waals surface area contributed by atoms with E-state index in [0.29, 0.717) is 12.2 Å². The van der Waals surface area contributed by atoms with E-state index in [2.05, 4.69) is 62.0 Å². The Morgan fingerprint density at radius 3 is 2.54 bits per heavy atom. The number of halogens is 1. The number of nitrogens with zero attached hydrogens (tertiary/aromatic N) is 3. The number of nitrogens with one attached hydrogen (secondary N) is 1. The Hall–Kier alpha value is -2.90. The molecule has 0 saturated heterocycles. The molecule has 1 N–H and O–H groups in total. The third kappa shape index (κ3) is 4.10. The predicted molar refractivity (Wildman–Crippen MR) is 143 cm³/mol. The van der Waals surface area contributed by atoms with Gasteiger partial charge in [0.15, 0.2) is 0 Å². The second-order valence-corrected chi connectivity index (χ2v) is 10.1. The molecule has 2 aromatic carbocycles. The second-order valence-electron chi connectivity index (χ2n) is 9.33. The average Bonchev–Trinajstić information content (AvgIpc) is 3.15. The van der Waals surface area contributed by atoms with Gasteiger partial charge in [-0.05, 0) is 78.1 Å². The highest BCUT2D eigenvalue weighted by Crippen LogP contribution is 2.44. The van der Waals surface area contributed by atoms with E-state index < -0.39 is 0 Å². The highest BCUT2D eigenvalue weighted by molar-refractivity contribution is 9.10. The van der Waals surface area contributed by atoms with Crippen LogP contribution in [0.25, 0.3) is 16.5 Å². The lowest BCUT2D eigenvalue weighted by Gasteiger charge is -2.40. The zero-order chi connectivity index (χ0) is 24.7. The van der Waals surface area contributed by atoms with Crippen LogP contribution in [0.15, 0.2) is 59.2 Å². The summed E-state index contributed by atoms with van der Waals surface area (Å²) in [5.41, 5.74) is 5.41. The first-order valence-electron chi connectivity index (χ1n) is 12.3. The van der Waals surface area contributed by atoms with E-state index in [0.717, 1.165) is 36.2 Å². The SMILES string of the molecule is CCN(CC)C(=O)[C@@H]1C=C2c3cccc4c3c(c(Br)n4CNC(=O)c3ccccc3)C[C@H]2N(C)C1. The molecule has 0 saturated carbocycles. The van der Waals surface area contributed by atoms with Crippen LogP contribution < -0.4 is 5.32 Å². The maximum Gasteiger partial charge on any atom is 0.252 e. The van der Waals surface area contributed by atoms with Crippen molar-refractivity contribution in [3.05, 3.63) is 75.9 Å². The standard InChI is InChI=1S/C28H31BrN4O2/c1-4-32(5-2)28(35)19-14-21-20-12-9-13-23-25(20)22(15-24(21)31(3)16-19)26(29)33(23)17-30-27(34)18-10-7-6-8-11-18/h6-14,19,24H,4-5,15-17H2,1-3H3,(H,30,34)/t19-,24-/m1/s1. The maximum absolute atomic E-state index is 13.2. The van der Waals surface area contributed by atoms with Crippen molar-refractivity contribution < 1.29 is 9.59 Å². The van der Waals surface area contributed by atoms with E-state index in [9.17, 15) is 9.59 Å². The lowest BCUT2D eigenvalue weighted by atomic mass is 9.79. The number of hydrogen-bond donors (Lipinski definition) is 1. The minimum Gasteiger partial charge on any atom is -0.343 e. The van der Waals surface area contributed by atoms with Gasteiger partial charge in [0.05, 0.1) is 22.7 Å². The van der Waals surface area contributed by atoms with Crippen LogP contribution >= 0.6 is 15.9 Å². The van der Waals surface area contributed by atoms with Crippen molar-refractivity contribution in [1.82, 2.24) is 19.7 Å². The number of carbonyl (C=O) groups is 2. The Balaban J connectivity index is 1.52. The molecule has 0 radical (unpaired) electrons. The minimum atomic E-state index is -0.140. The summed E-state index contributed by atoms with van der Waals surface area (Å²) < 4.78 is 3.13. The zero-order valence-corrected chi connectivity index (χ0v) is 22.0. The molecule has 3 aromatic rings. The monoisotopic (exact) mass is 534 g/mol. The highest BCUT2D eigenvalue weighted by Gasteiger charge is 2.38. The van der Waals surface area contributed by atoms with Gasteiger partial charge in [0.1, 0.15) is 0 Å². The van der Waals surface area contributed by atoms with Gasteiger partial charge in [-0.2, -0.15) is 0 Å². The summed E-state index contributed by atoms with van der Waals surface area (Å²) in [7, 11) is 2.12. The van der Waals surface area contributed by atoms with Crippen LogP contribution in [0.2, 0.25) is 0 Å². The summed E-state index contributed by atoms with van der Waals surface area (Å²) >= 11 is 3.85. The molecule has 35 heavy (non-hydrogen) atoms. The van der Waals surface area contributed by atoms with Crippen molar-refractivity contribution in [3.63, 3.8) is 0 Å². The number of amides is 2. The van der Waals surface area contributed by atoms with Crippen LogP contribution in [0.4, 0.5) is 0 Å².